The van der Waals surface area contributed by atoms with Crippen LogP contribution in [0.2, 0.25) is 20.1 Å². The monoisotopic (exact) mass is 682 g/mol. The molecule has 0 aromatic heterocycles. The minimum Gasteiger partial charge on any atom is -0.292 e. The van der Waals surface area contributed by atoms with Crippen LogP contribution in [0.15, 0.2) is 36.4 Å². The number of amides is 3. The number of hydrogen-bond acceptors (Lipinski definition) is 4. The van der Waals surface area contributed by atoms with E-state index in [1.165, 1.54) is 36.4 Å². The van der Waals surface area contributed by atoms with Gasteiger partial charge in [-0.15, -0.1) is 0 Å². The quantitative estimate of drug-likeness (QED) is 0.206. The predicted molar refractivity (Wildman–Crippen MR) is 142 cm³/mol. The van der Waals surface area contributed by atoms with Crippen LogP contribution in [0, 0.1) is 11.8 Å². The molecule has 1 saturated carbocycles. The zero-order valence-electron chi connectivity index (χ0n) is 17.7. The van der Waals surface area contributed by atoms with Crippen molar-refractivity contribution in [1.82, 2.24) is 10.0 Å². The number of imide groups is 1. The lowest BCUT2D eigenvalue weighted by molar-refractivity contribution is -0.154. The lowest BCUT2D eigenvalue weighted by Crippen LogP contribution is -2.52. The summed E-state index contributed by atoms with van der Waals surface area (Å²) in [5, 5.41) is 2.42. The molecule has 0 spiro atoms. The van der Waals surface area contributed by atoms with E-state index in [0.717, 1.165) is 10.0 Å². The third kappa shape index (κ3) is 5.29. The zero-order valence-corrected chi connectivity index (χ0v) is 23.9. The summed E-state index contributed by atoms with van der Waals surface area (Å²) in [6.07, 6.45) is 0.820. The zero-order chi connectivity index (χ0) is 25.6. The number of rotatable bonds is 5. The van der Waals surface area contributed by atoms with Gasteiger partial charge in [-0.05, 0) is 49.2 Å². The maximum Gasteiger partial charge on any atom is 0.273 e. The molecule has 1 aliphatic carbocycles. The molecule has 35 heavy (non-hydrogen) atoms. The number of carbonyl (C=O) groups is 4. The van der Waals surface area contributed by atoms with Gasteiger partial charge < -0.3 is 0 Å². The van der Waals surface area contributed by atoms with Gasteiger partial charge >= 0.3 is 0 Å². The van der Waals surface area contributed by atoms with Crippen LogP contribution in [0.5, 0.6) is 0 Å². The second kappa shape index (κ2) is 10.7. The van der Waals surface area contributed by atoms with Gasteiger partial charge in [-0.3, -0.25) is 19.2 Å². The van der Waals surface area contributed by atoms with Crippen LogP contribution < -0.4 is 0 Å². The Morgan fingerprint density at radius 3 is 2.00 bits per heavy atom. The summed E-state index contributed by atoms with van der Waals surface area (Å²) in [5.41, 5.74) is 0.155. The molecule has 1 saturated heterocycles. The van der Waals surface area contributed by atoms with E-state index >= 15 is 0 Å². The highest BCUT2D eigenvalue weighted by atomic mass is 79.9. The molecule has 1 aliphatic heterocycles. The van der Waals surface area contributed by atoms with Crippen molar-refractivity contribution in [1.29, 1.82) is 0 Å². The maximum absolute atomic E-state index is 13.6. The predicted octanol–water partition coefficient (Wildman–Crippen LogP) is 6.46. The molecular formula is C23H16Br2Cl4N2O4. The first kappa shape index (κ1) is 26.9. The molecule has 0 unspecified atom stereocenters. The number of fused-ring (bicyclic) bond motifs is 1. The van der Waals surface area contributed by atoms with E-state index < -0.39 is 41.9 Å². The van der Waals surface area contributed by atoms with E-state index in [1.54, 1.807) is 0 Å². The number of benzene rings is 2. The number of nitrogens with zero attached hydrogens (tertiary/aromatic N) is 2. The molecule has 4 atom stereocenters. The summed E-state index contributed by atoms with van der Waals surface area (Å²) < 4.78 is 0. The standard InChI is InChI=1S/C23H16Br2Cl4N2O4/c24-15-7-13-14(8-16(15)25)23(35)31(22(13)34)30(21(33)10-1-4-17(27)19(29)5-10)9-20(32)12-3-2-11(26)6-18(12)28/h1-6,13-16H,7-9H2/t13-,14-,15-,16+/m1/s1. The Balaban J connectivity index is 1.73. The lowest BCUT2D eigenvalue weighted by atomic mass is 9.81. The fraction of sp³-hybridized carbons (Fsp3) is 0.304. The smallest absolute Gasteiger partial charge is 0.273 e. The summed E-state index contributed by atoms with van der Waals surface area (Å²) in [7, 11) is 0. The van der Waals surface area contributed by atoms with Gasteiger partial charge in [-0.2, -0.15) is 5.01 Å². The molecule has 1 heterocycles. The Morgan fingerprint density at radius 2 is 1.46 bits per heavy atom. The summed E-state index contributed by atoms with van der Waals surface area (Å²) in [5.74, 6) is -3.63. The van der Waals surface area contributed by atoms with Crippen molar-refractivity contribution in [2.45, 2.75) is 22.5 Å². The average molecular weight is 686 g/mol. The highest BCUT2D eigenvalue weighted by molar-refractivity contribution is 9.12. The molecule has 12 heteroatoms. The number of hydrogen-bond donors (Lipinski definition) is 0. The van der Waals surface area contributed by atoms with Crippen LogP contribution in [0.1, 0.15) is 33.6 Å². The fourth-order valence-electron chi connectivity index (χ4n) is 4.26. The van der Waals surface area contributed by atoms with Gasteiger partial charge in [-0.25, -0.2) is 5.01 Å². The lowest BCUT2D eigenvalue weighted by Gasteiger charge is -2.30. The minimum atomic E-state index is -0.756. The van der Waals surface area contributed by atoms with Gasteiger partial charge in [-0.1, -0.05) is 78.3 Å². The van der Waals surface area contributed by atoms with Crippen molar-refractivity contribution >= 4 is 102 Å². The Kier molecular flexibility index (Phi) is 8.20. The SMILES string of the molecule is O=C(CN(C(=O)c1ccc(Cl)c(Cl)c1)N1C(=O)[C@@H]2C[C@@H](Br)[C@@H](Br)C[C@H]2C1=O)c1ccc(Cl)cc1Cl. The van der Waals surface area contributed by atoms with E-state index in [9.17, 15) is 19.2 Å². The van der Waals surface area contributed by atoms with Crippen LogP contribution in [-0.2, 0) is 9.59 Å². The van der Waals surface area contributed by atoms with Gasteiger partial charge in [0.15, 0.2) is 5.78 Å². The highest BCUT2D eigenvalue weighted by Gasteiger charge is 2.54. The van der Waals surface area contributed by atoms with Crippen LogP contribution in [0.4, 0.5) is 0 Å². The second-order valence-corrected chi connectivity index (χ2v) is 12.3. The van der Waals surface area contributed by atoms with E-state index in [0.29, 0.717) is 17.9 Å². The normalized spacial score (nSPS) is 23.9. The van der Waals surface area contributed by atoms with Crippen LogP contribution in [0.25, 0.3) is 0 Å². The number of carbonyl (C=O) groups excluding carboxylic acids is 4. The molecule has 3 amide bonds. The van der Waals surface area contributed by atoms with Crippen LogP contribution >= 0.6 is 78.3 Å². The van der Waals surface area contributed by atoms with Crippen molar-refractivity contribution in [2.75, 3.05) is 6.54 Å². The molecule has 2 aromatic rings. The van der Waals surface area contributed by atoms with Gasteiger partial charge in [0, 0.05) is 25.8 Å². The first-order chi connectivity index (χ1) is 16.5. The molecular weight excluding hydrogens is 670 g/mol. The van der Waals surface area contributed by atoms with E-state index in [-0.39, 0.29) is 35.8 Å². The Labute approximate surface area is 238 Å². The van der Waals surface area contributed by atoms with Crippen LogP contribution in [0.3, 0.4) is 0 Å². The molecule has 4 rings (SSSR count). The van der Waals surface area contributed by atoms with Crippen molar-refractivity contribution < 1.29 is 19.2 Å². The number of Topliss-reactive ketones (excluding diaryl/α,β-unsaturated/α-hetero) is 1. The highest BCUT2D eigenvalue weighted by Crippen LogP contribution is 2.44. The van der Waals surface area contributed by atoms with Gasteiger partial charge in [0.05, 0.1) is 26.9 Å². The first-order valence-corrected chi connectivity index (χ1v) is 13.7. The van der Waals surface area contributed by atoms with Crippen molar-refractivity contribution in [2.24, 2.45) is 11.8 Å². The third-order valence-corrected chi connectivity index (χ3v) is 10.1. The van der Waals surface area contributed by atoms with Gasteiger partial charge in [0.1, 0.15) is 6.54 Å². The molecule has 0 bridgehead atoms. The van der Waals surface area contributed by atoms with Crippen molar-refractivity contribution in [3.63, 3.8) is 0 Å². The summed E-state index contributed by atoms with van der Waals surface area (Å²) in [4.78, 5) is 53.5. The number of alkyl halides is 2. The Morgan fingerprint density at radius 1 is 0.857 bits per heavy atom. The molecule has 2 fully saturated rings. The first-order valence-electron chi connectivity index (χ1n) is 10.4. The number of halogens is 6. The van der Waals surface area contributed by atoms with E-state index in [2.05, 4.69) is 31.9 Å². The van der Waals surface area contributed by atoms with Gasteiger partial charge in [0.25, 0.3) is 17.7 Å². The van der Waals surface area contributed by atoms with E-state index in [4.69, 9.17) is 46.4 Å². The Bertz CT molecular complexity index is 1220. The van der Waals surface area contributed by atoms with Crippen molar-refractivity contribution in [3.8, 4) is 0 Å². The molecule has 184 valence electrons. The largest absolute Gasteiger partial charge is 0.292 e. The minimum absolute atomic E-state index is 0.0193. The fourth-order valence-corrected chi connectivity index (χ4v) is 6.31. The van der Waals surface area contributed by atoms with Crippen molar-refractivity contribution in [3.05, 3.63) is 67.6 Å². The third-order valence-electron chi connectivity index (χ3n) is 6.06. The second-order valence-electron chi connectivity index (χ2n) is 8.24. The van der Waals surface area contributed by atoms with Gasteiger partial charge in [0.2, 0.25) is 0 Å². The van der Waals surface area contributed by atoms with E-state index in [1.807, 2.05) is 0 Å². The number of hydrazine groups is 1. The topological polar surface area (TPSA) is 74.8 Å². The molecule has 2 aliphatic rings. The summed E-state index contributed by atoms with van der Waals surface area (Å²) in [6.45, 7) is -0.604. The number of ketones is 1. The molecule has 0 radical (unpaired) electrons. The van der Waals surface area contributed by atoms with Crippen LogP contribution in [-0.4, -0.2) is 49.7 Å². The summed E-state index contributed by atoms with van der Waals surface area (Å²) >= 11 is 31.3. The summed E-state index contributed by atoms with van der Waals surface area (Å²) in [6, 6.07) is 8.45. The maximum atomic E-state index is 13.6. The molecule has 2 aromatic carbocycles. The average Bonchev–Trinajstić information content (AvgIpc) is 3.03. The Hall–Kier alpha value is -1.16. The molecule has 0 N–H and O–H groups in total. The molecule has 6 nitrogen and oxygen atoms in total.